The summed E-state index contributed by atoms with van der Waals surface area (Å²) in [5.74, 6) is 0.282. The number of hydrogen-bond donors (Lipinski definition) is 0. The molecule has 1 aliphatic rings. The van der Waals surface area contributed by atoms with E-state index in [1.165, 1.54) is 19.3 Å². The molecule has 1 aromatic carbocycles. The number of likely N-dealkylation sites (N-methyl/N-ethyl adjacent to an activating group) is 1. The Morgan fingerprint density at radius 3 is 2.29 bits per heavy atom. The van der Waals surface area contributed by atoms with Crippen LogP contribution in [-0.2, 0) is 0 Å². The highest BCUT2D eigenvalue weighted by atomic mass is 79.9. The van der Waals surface area contributed by atoms with Crippen molar-refractivity contribution in [3.63, 3.8) is 0 Å². The number of carbonyl (C=O) groups excluding carboxylic acids is 1. The molecule has 1 heterocycles. The van der Waals surface area contributed by atoms with E-state index < -0.39 is 0 Å². The maximum atomic E-state index is 12.1. The van der Waals surface area contributed by atoms with E-state index in [9.17, 15) is 4.79 Å². The largest absolute Gasteiger partial charge is 1.00 e. The van der Waals surface area contributed by atoms with E-state index in [2.05, 4.69) is 7.05 Å². The van der Waals surface area contributed by atoms with Crippen molar-refractivity contribution >= 4 is 5.78 Å². The van der Waals surface area contributed by atoms with Crippen LogP contribution in [-0.4, -0.2) is 36.9 Å². The minimum atomic E-state index is 0. The van der Waals surface area contributed by atoms with Crippen molar-refractivity contribution in [2.24, 2.45) is 0 Å². The fraction of sp³-hybridized carbons (Fsp3) is 0.500. The lowest BCUT2D eigenvalue weighted by Gasteiger charge is -2.37. The molecule has 0 spiro atoms. The molecule has 0 radical (unpaired) electrons. The molecule has 3 heteroatoms. The lowest BCUT2D eigenvalue weighted by Crippen LogP contribution is -3.00. The molecule has 1 aliphatic heterocycles. The van der Waals surface area contributed by atoms with Crippen molar-refractivity contribution in [3.05, 3.63) is 35.9 Å². The fourth-order valence-corrected chi connectivity index (χ4v) is 2.50. The van der Waals surface area contributed by atoms with Crippen molar-refractivity contribution in [3.8, 4) is 0 Å². The first-order valence-electron chi connectivity index (χ1n) is 6.11. The second-order valence-electron chi connectivity index (χ2n) is 5.07. The first-order chi connectivity index (χ1) is 7.70. The lowest BCUT2D eigenvalue weighted by molar-refractivity contribution is -0.906. The first-order valence-corrected chi connectivity index (χ1v) is 6.11. The molecule has 0 amide bonds. The van der Waals surface area contributed by atoms with Gasteiger partial charge in [-0.25, -0.2) is 0 Å². The molecule has 1 fully saturated rings. The molecule has 1 saturated heterocycles. The Bertz CT molecular complexity index is 358. The molecule has 1 aromatic rings. The second-order valence-corrected chi connectivity index (χ2v) is 5.07. The van der Waals surface area contributed by atoms with E-state index in [1.54, 1.807) is 0 Å². The van der Waals surface area contributed by atoms with Crippen molar-refractivity contribution in [2.75, 3.05) is 26.7 Å². The van der Waals surface area contributed by atoms with Gasteiger partial charge in [-0.3, -0.25) is 4.79 Å². The van der Waals surface area contributed by atoms with E-state index in [1.807, 2.05) is 30.3 Å². The van der Waals surface area contributed by atoms with Crippen LogP contribution in [0.15, 0.2) is 30.3 Å². The fourth-order valence-electron chi connectivity index (χ4n) is 2.50. The standard InChI is InChI=1S/C14H20NO.BrH/c1-15(10-6-3-7-11-15)12-14(16)13-8-4-2-5-9-13;/h2,4-5,8-9H,3,6-7,10-12H2,1H3;1H/q+1;/p-1. The Hall–Kier alpha value is -0.670. The molecular formula is C14H20BrNO. The third kappa shape index (κ3) is 3.93. The molecule has 0 atom stereocenters. The van der Waals surface area contributed by atoms with Gasteiger partial charge >= 0.3 is 0 Å². The van der Waals surface area contributed by atoms with Crippen LogP contribution in [0.1, 0.15) is 29.6 Å². The molecule has 0 aromatic heterocycles. The van der Waals surface area contributed by atoms with Gasteiger partial charge in [-0.05, 0) is 19.3 Å². The minimum Gasteiger partial charge on any atom is -1.00 e. The van der Waals surface area contributed by atoms with Gasteiger partial charge < -0.3 is 21.5 Å². The van der Waals surface area contributed by atoms with Crippen molar-refractivity contribution in [2.45, 2.75) is 19.3 Å². The zero-order valence-electron chi connectivity index (χ0n) is 10.4. The number of carbonyl (C=O) groups is 1. The maximum absolute atomic E-state index is 12.1. The number of nitrogens with zero attached hydrogens (tertiary/aromatic N) is 1. The summed E-state index contributed by atoms with van der Waals surface area (Å²) >= 11 is 0. The van der Waals surface area contributed by atoms with Crippen molar-refractivity contribution in [1.29, 1.82) is 0 Å². The SMILES string of the molecule is C[N+]1(CC(=O)c2ccccc2)CCCCC1.[Br-]. The summed E-state index contributed by atoms with van der Waals surface area (Å²) in [5.41, 5.74) is 0.854. The van der Waals surface area contributed by atoms with Crippen LogP contribution < -0.4 is 17.0 Å². The Morgan fingerprint density at radius 1 is 1.12 bits per heavy atom. The molecule has 0 saturated carbocycles. The second kappa shape index (κ2) is 6.31. The van der Waals surface area contributed by atoms with Gasteiger partial charge in [0.05, 0.1) is 20.1 Å². The highest BCUT2D eigenvalue weighted by molar-refractivity contribution is 5.96. The zero-order valence-corrected chi connectivity index (χ0v) is 11.9. The van der Waals surface area contributed by atoms with Crippen LogP contribution in [0.3, 0.4) is 0 Å². The Morgan fingerprint density at radius 2 is 1.71 bits per heavy atom. The van der Waals surface area contributed by atoms with Crippen LogP contribution in [0.25, 0.3) is 0 Å². The summed E-state index contributed by atoms with van der Waals surface area (Å²) in [5, 5.41) is 0. The average Bonchev–Trinajstić information content (AvgIpc) is 2.30. The van der Waals surface area contributed by atoms with E-state index in [-0.39, 0.29) is 22.8 Å². The molecule has 2 rings (SSSR count). The summed E-state index contributed by atoms with van der Waals surface area (Å²) in [6, 6.07) is 9.65. The summed E-state index contributed by atoms with van der Waals surface area (Å²) in [6.45, 7) is 2.96. The average molecular weight is 298 g/mol. The maximum Gasteiger partial charge on any atom is 0.216 e. The molecule has 0 unspecified atom stereocenters. The third-order valence-corrected chi connectivity index (χ3v) is 3.52. The number of rotatable bonds is 3. The minimum absolute atomic E-state index is 0. The van der Waals surface area contributed by atoms with Crippen LogP contribution in [0.2, 0.25) is 0 Å². The Balaban J connectivity index is 0.00000144. The van der Waals surface area contributed by atoms with Gasteiger partial charge in [0.2, 0.25) is 5.78 Å². The molecule has 0 bridgehead atoms. The number of piperidine rings is 1. The molecule has 0 aliphatic carbocycles. The topological polar surface area (TPSA) is 17.1 Å². The number of halogens is 1. The van der Waals surface area contributed by atoms with E-state index >= 15 is 0 Å². The number of hydrogen-bond acceptors (Lipinski definition) is 1. The highest BCUT2D eigenvalue weighted by Crippen LogP contribution is 2.17. The summed E-state index contributed by atoms with van der Waals surface area (Å²) in [7, 11) is 2.21. The summed E-state index contributed by atoms with van der Waals surface area (Å²) in [4.78, 5) is 12.1. The van der Waals surface area contributed by atoms with E-state index in [0.29, 0.717) is 6.54 Å². The van der Waals surface area contributed by atoms with E-state index in [4.69, 9.17) is 0 Å². The normalized spacial score (nSPS) is 18.2. The first kappa shape index (κ1) is 14.4. The number of benzene rings is 1. The van der Waals surface area contributed by atoms with Crippen molar-refractivity contribution in [1.82, 2.24) is 0 Å². The summed E-state index contributed by atoms with van der Waals surface area (Å²) < 4.78 is 0.924. The number of quaternary nitrogens is 1. The zero-order chi connectivity index (χ0) is 11.4. The quantitative estimate of drug-likeness (QED) is 0.543. The van der Waals surface area contributed by atoms with Gasteiger partial charge in [0.15, 0.2) is 0 Å². The predicted octanol–water partition coefficient (Wildman–Crippen LogP) is -0.496. The van der Waals surface area contributed by atoms with Gasteiger partial charge in [0.25, 0.3) is 0 Å². The number of likely N-dealkylation sites (tertiary alicyclic amines) is 1. The smallest absolute Gasteiger partial charge is 0.216 e. The van der Waals surface area contributed by atoms with Crippen LogP contribution >= 0.6 is 0 Å². The number of ketones is 1. The van der Waals surface area contributed by atoms with Gasteiger partial charge in [-0.15, -0.1) is 0 Å². The third-order valence-electron chi connectivity index (χ3n) is 3.52. The van der Waals surface area contributed by atoms with Crippen LogP contribution in [0.5, 0.6) is 0 Å². The van der Waals surface area contributed by atoms with Crippen molar-refractivity contribution < 1.29 is 26.3 Å². The molecular weight excluding hydrogens is 278 g/mol. The van der Waals surface area contributed by atoms with Crippen LogP contribution in [0.4, 0.5) is 0 Å². The van der Waals surface area contributed by atoms with Crippen LogP contribution in [0, 0.1) is 0 Å². The monoisotopic (exact) mass is 297 g/mol. The highest BCUT2D eigenvalue weighted by Gasteiger charge is 2.27. The molecule has 94 valence electrons. The van der Waals surface area contributed by atoms with Gasteiger partial charge in [0, 0.05) is 5.56 Å². The van der Waals surface area contributed by atoms with Gasteiger partial charge in [0.1, 0.15) is 6.54 Å². The molecule has 17 heavy (non-hydrogen) atoms. The molecule has 0 N–H and O–H groups in total. The molecule has 2 nitrogen and oxygen atoms in total. The Labute approximate surface area is 114 Å². The Kier molecular flexibility index (Phi) is 5.34. The lowest BCUT2D eigenvalue weighted by atomic mass is 10.1. The van der Waals surface area contributed by atoms with Gasteiger partial charge in [-0.1, -0.05) is 30.3 Å². The number of Topliss-reactive ketones (excluding diaryl/α,β-unsaturated/α-hetero) is 1. The summed E-state index contributed by atoms with van der Waals surface area (Å²) in [6.07, 6.45) is 3.85. The van der Waals surface area contributed by atoms with E-state index in [0.717, 1.165) is 23.1 Å². The predicted molar refractivity (Wildman–Crippen MR) is 65.4 cm³/mol. The van der Waals surface area contributed by atoms with Gasteiger partial charge in [-0.2, -0.15) is 0 Å².